The number of rotatable bonds is 9. The van der Waals surface area contributed by atoms with Crippen LogP contribution in [0.2, 0.25) is 0 Å². The number of unbranched alkanes of at least 4 members (excludes halogenated alkanes) is 1. The van der Waals surface area contributed by atoms with Gasteiger partial charge >= 0.3 is 0 Å². The molecule has 0 spiro atoms. The first-order valence-electron chi connectivity index (χ1n) is 9.95. The molecule has 0 atom stereocenters. The van der Waals surface area contributed by atoms with Crippen LogP contribution in [0.4, 0.5) is 0 Å². The summed E-state index contributed by atoms with van der Waals surface area (Å²) in [6.07, 6.45) is 3.88. The molecule has 1 aromatic heterocycles. The minimum absolute atomic E-state index is 0. The van der Waals surface area contributed by atoms with Gasteiger partial charge in [0.25, 0.3) is 0 Å². The van der Waals surface area contributed by atoms with Gasteiger partial charge in [0.05, 0.1) is 25.0 Å². The smallest absolute Gasteiger partial charge is 0.193 e. The van der Waals surface area contributed by atoms with Gasteiger partial charge in [-0.3, -0.25) is 4.99 Å². The Bertz CT molecular complexity index is 883. The fraction of sp³-hybridized carbons (Fsp3) is 0.304. The van der Waals surface area contributed by atoms with Crippen LogP contribution in [0, 0.1) is 0 Å². The second-order valence-electron chi connectivity index (χ2n) is 6.81. The molecule has 6 nitrogen and oxygen atoms in total. The molecule has 0 unspecified atom stereocenters. The molecule has 0 radical (unpaired) electrons. The van der Waals surface area contributed by atoms with Crippen LogP contribution in [-0.2, 0) is 6.54 Å². The lowest BCUT2D eigenvalue weighted by Crippen LogP contribution is -2.39. The van der Waals surface area contributed by atoms with Crippen molar-refractivity contribution < 1.29 is 4.74 Å². The number of hydrogen-bond donors (Lipinski definition) is 2. The van der Waals surface area contributed by atoms with Crippen LogP contribution in [0.5, 0.6) is 5.75 Å². The molecule has 0 fully saturated rings. The largest absolute Gasteiger partial charge is 0.494 e. The van der Waals surface area contributed by atoms with Gasteiger partial charge in [-0.05, 0) is 30.5 Å². The van der Waals surface area contributed by atoms with Gasteiger partial charge in [-0.15, -0.1) is 24.0 Å². The Hall–Kier alpha value is -2.55. The molecule has 7 heteroatoms. The number of benzene rings is 2. The predicted molar refractivity (Wildman–Crippen MR) is 133 cm³/mol. The minimum Gasteiger partial charge on any atom is -0.494 e. The van der Waals surface area contributed by atoms with Crippen LogP contribution in [-0.4, -0.2) is 48.1 Å². The number of ether oxygens (including phenoxy) is 1. The number of nitrogens with zero attached hydrogens (tertiary/aromatic N) is 3. The van der Waals surface area contributed by atoms with Gasteiger partial charge in [-0.25, -0.2) is 4.98 Å². The van der Waals surface area contributed by atoms with Crippen molar-refractivity contribution >= 4 is 29.9 Å². The van der Waals surface area contributed by atoms with E-state index in [0.29, 0.717) is 6.54 Å². The van der Waals surface area contributed by atoms with E-state index < -0.39 is 0 Å². The van der Waals surface area contributed by atoms with E-state index in [4.69, 9.17) is 4.74 Å². The molecule has 0 saturated carbocycles. The molecule has 0 aliphatic carbocycles. The SMILES string of the molecule is CN=C(NCCCCOc1ccccc1)N(C)Cc1ncc(-c2ccccc2)[nH]1.I. The third kappa shape index (κ3) is 7.37. The highest BCUT2D eigenvalue weighted by Gasteiger charge is 2.09. The second-order valence-corrected chi connectivity index (χ2v) is 6.81. The van der Waals surface area contributed by atoms with Gasteiger partial charge in [0.2, 0.25) is 0 Å². The summed E-state index contributed by atoms with van der Waals surface area (Å²) in [5.41, 5.74) is 2.16. The molecule has 0 aliphatic rings. The second kappa shape index (κ2) is 12.9. The Morgan fingerprint density at radius 3 is 2.47 bits per heavy atom. The summed E-state index contributed by atoms with van der Waals surface area (Å²) in [7, 11) is 3.81. The van der Waals surface area contributed by atoms with E-state index in [2.05, 4.69) is 37.3 Å². The highest BCUT2D eigenvalue weighted by atomic mass is 127. The maximum absolute atomic E-state index is 5.72. The summed E-state index contributed by atoms with van der Waals surface area (Å²) in [6.45, 7) is 2.22. The van der Waals surface area contributed by atoms with Crippen molar-refractivity contribution in [3.63, 3.8) is 0 Å². The first-order chi connectivity index (χ1) is 14.3. The molecule has 0 aliphatic heterocycles. The zero-order valence-corrected chi connectivity index (χ0v) is 19.9. The molecular weight excluding hydrogens is 489 g/mol. The van der Waals surface area contributed by atoms with E-state index in [1.54, 1.807) is 7.05 Å². The van der Waals surface area contributed by atoms with Gasteiger partial charge in [0, 0.05) is 20.6 Å². The summed E-state index contributed by atoms with van der Waals surface area (Å²) in [6, 6.07) is 20.1. The molecule has 0 saturated heterocycles. The summed E-state index contributed by atoms with van der Waals surface area (Å²) in [4.78, 5) is 14.3. The van der Waals surface area contributed by atoms with Crippen LogP contribution in [0.15, 0.2) is 71.9 Å². The molecule has 30 heavy (non-hydrogen) atoms. The molecule has 1 heterocycles. The van der Waals surface area contributed by atoms with Crippen LogP contribution in [0.1, 0.15) is 18.7 Å². The molecule has 2 N–H and O–H groups in total. The molecular formula is C23H30IN5O. The number of para-hydroxylation sites is 1. The zero-order valence-electron chi connectivity index (χ0n) is 17.5. The minimum atomic E-state index is 0. The third-order valence-corrected chi connectivity index (χ3v) is 4.54. The van der Waals surface area contributed by atoms with Gasteiger partial charge in [-0.1, -0.05) is 48.5 Å². The van der Waals surface area contributed by atoms with E-state index >= 15 is 0 Å². The standard InChI is InChI=1S/C23H29N5O.HI/c1-24-23(25-15-9-10-16-29-20-13-7-4-8-14-20)28(2)18-22-26-17-21(27-22)19-11-5-3-6-12-19;/h3-8,11-14,17H,9-10,15-16,18H2,1-2H3,(H,24,25)(H,26,27);1H. The molecule has 3 aromatic rings. The fourth-order valence-electron chi connectivity index (χ4n) is 3.03. The Morgan fingerprint density at radius 1 is 1.07 bits per heavy atom. The average Bonchev–Trinajstić information content (AvgIpc) is 3.23. The van der Waals surface area contributed by atoms with Gasteiger partial charge in [-0.2, -0.15) is 0 Å². The number of aliphatic imine (C=N–C) groups is 1. The lowest BCUT2D eigenvalue weighted by atomic mass is 10.2. The first-order valence-corrected chi connectivity index (χ1v) is 9.95. The van der Waals surface area contributed by atoms with Crippen LogP contribution >= 0.6 is 24.0 Å². The molecule has 3 rings (SSSR count). The maximum Gasteiger partial charge on any atom is 0.193 e. The number of aromatic amines is 1. The molecule has 160 valence electrons. The number of hydrogen-bond acceptors (Lipinski definition) is 3. The van der Waals surface area contributed by atoms with Crippen LogP contribution in [0.25, 0.3) is 11.3 Å². The Morgan fingerprint density at radius 2 is 1.77 bits per heavy atom. The predicted octanol–water partition coefficient (Wildman–Crippen LogP) is 4.56. The number of guanidine groups is 1. The first kappa shape index (κ1) is 23.7. The van der Waals surface area contributed by atoms with Gasteiger partial charge < -0.3 is 19.9 Å². The summed E-state index contributed by atoms with van der Waals surface area (Å²) < 4.78 is 5.72. The van der Waals surface area contributed by atoms with Crippen molar-refractivity contribution in [3.05, 3.63) is 72.7 Å². The van der Waals surface area contributed by atoms with E-state index in [1.165, 1.54) is 0 Å². The van der Waals surface area contributed by atoms with Crippen LogP contribution in [0.3, 0.4) is 0 Å². The number of nitrogens with one attached hydrogen (secondary N) is 2. The molecule has 2 aromatic carbocycles. The number of aromatic nitrogens is 2. The van der Waals surface area contributed by atoms with Crippen molar-refractivity contribution in [3.8, 4) is 17.0 Å². The topological polar surface area (TPSA) is 65.5 Å². The van der Waals surface area contributed by atoms with E-state index in [-0.39, 0.29) is 24.0 Å². The van der Waals surface area contributed by atoms with Crippen molar-refractivity contribution in [2.24, 2.45) is 4.99 Å². The van der Waals surface area contributed by atoms with Gasteiger partial charge in [0.1, 0.15) is 11.6 Å². The van der Waals surface area contributed by atoms with E-state index in [0.717, 1.165) is 54.8 Å². The zero-order chi connectivity index (χ0) is 20.3. The fourth-order valence-corrected chi connectivity index (χ4v) is 3.03. The monoisotopic (exact) mass is 519 g/mol. The number of H-pyrrole nitrogens is 1. The van der Waals surface area contributed by atoms with Crippen molar-refractivity contribution in [1.82, 2.24) is 20.2 Å². The lowest BCUT2D eigenvalue weighted by molar-refractivity contribution is 0.306. The Labute approximate surface area is 195 Å². The molecule has 0 amide bonds. The van der Waals surface area contributed by atoms with Crippen LogP contribution < -0.4 is 10.1 Å². The van der Waals surface area contributed by atoms with Gasteiger partial charge in [0.15, 0.2) is 5.96 Å². The highest BCUT2D eigenvalue weighted by Crippen LogP contribution is 2.16. The lowest BCUT2D eigenvalue weighted by Gasteiger charge is -2.21. The maximum atomic E-state index is 5.72. The number of halogens is 1. The summed E-state index contributed by atoms with van der Waals surface area (Å²) in [5.74, 6) is 2.68. The highest BCUT2D eigenvalue weighted by molar-refractivity contribution is 14.0. The summed E-state index contributed by atoms with van der Waals surface area (Å²) >= 11 is 0. The van der Waals surface area contributed by atoms with Crippen molar-refractivity contribution in [2.45, 2.75) is 19.4 Å². The van der Waals surface area contributed by atoms with E-state index in [9.17, 15) is 0 Å². The molecule has 0 bridgehead atoms. The summed E-state index contributed by atoms with van der Waals surface area (Å²) in [5, 5.41) is 3.41. The Kier molecular flexibility index (Phi) is 10.2. The Balaban J connectivity index is 0.00000320. The number of imidazole rings is 1. The van der Waals surface area contributed by atoms with Crippen molar-refractivity contribution in [2.75, 3.05) is 27.2 Å². The normalized spacial score (nSPS) is 10.9. The van der Waals surface area contributed by atoms with E-state index in [1.807, 2.05) is 61.8 Å². The average molecular weight is 519 g/mol. The quantitative estimate of drug-likeness (QED) is 0.188. The third-order valence-electron chi connectivity index (χ3n) is 4.54. The van der Waals surface area contributed by atoms with Crippen molar-refractivity contribution in [1.29, 1.82) is 0 Å².